The fraction of sp³-hybridized carbons (Fsp3) is 1.00. The second-order valence-electron chi connectivity index (χ2n) is 5.71. The predicted octanol–water partition coefficient (Wildman–Crippen LogP) is 3.79. The lowest BCUT2D eigenvalue weighted by Crippen LogP contribution is -2.39. The summed E-state index contributed by atoms with van der Waals surface area (Å²) in [7, 11) is -1.88. The van der Waals surface area contributed by atoms with E-state index in [0.29, 0.717) is 0 Å². The highest BCUT2D eigenvalue weighted by molar-refractivity contribution is 6.66. The van der Waals surface area contributed by atoms with Crippen LogP contribution in [0.25, 0.3) is 0 Å². The van der Waals surface area contributed by atoms with Crippen LogP contribution in [0.4, 0.5) is 0 Å². The van der Waals surface area contributed by atoms with Crippen molar-refractivity contribution in [2.75, 3.05) is 32.8 Å². The predicted molar refractivity (Wildman–Crippen MR) is 83.8 cm³/mol. The smallest absolute Gasteiger partial charge is 0.334 e. The summed E-state index contributed by atoms with van der Waals surface area (Å²) in [6, 6.07) is 1.13. The third-order valence-corrected chi connectivity index (χ3v) is 7.01. The maximum absolute atomic E-state index is 5.90. The van der Waals surface area contributed by atoms with Crippen molar-refractivity contribution in [3.63, 3.8) is 0 Å². The van der Waals surface area contributed by atoms with Crippen LogP contribution in [0.3, 0.4) is 0 Å². The lowest BCUT2D eigenvalue weighted by atomic mass is 10.1. The van der Waals surface area contributed by atoms with Crippen molar-refractivity contribution in [1.82, 2.24) is 4.90 Å². The zero-order valence-electron chi connectivity index (χ0n) is 13.2. The first kappa shape index (κ1) is 17.1. The molecule has 0 aromatic heterocycles. The van der Waals surface area contributed by atoms with Crippen LogP contribution in [0.1, 0.15) is 52.4 Å². The van der Waals surface area contributed by atoms with Gasteiger partial charge in [0.15, 0.2) is 0 Å². The van der Waals surface area contributed by atoms with Gasteiger partial charge in [0.25, 0.3) is 0 Å². The summed E-state index contributed by atoms with van der Waals surface area (Å²) in [6.45, 7) is 11.7. The first-order chi connectivity index (χ1) is 9.20. The van der Waals surface area contributed by atoms with Crippen LogP contribution in [0, 0.1) is 0 Å². The van der Waals surface area contributed by atoms with E-state index in [0.717, 1.165) is 19.3 Å². The molecule has 0 unspecified atom stereocenters. The largest absolute Gasteiger partial charge is 0.395 e. The van der Waals surface area contributed by atoms with Crippen molar-refractivity contribution in [2.24, 2.45) is 0 Å². The minimum absolute atomic E-state index is 0.784. The molecule has 1 rings (SSSR count). The molecule has 0 aromatic rings. The third kappa shape index (κ3) is 7.44. The molecule has 1 fully saturated rings. The molecule has 1 heterocycles. The quantitative estimate of drug-likeness (QED) is 0.634. The summed E-state index contributed by atoms with van der Waals surface area (Å²) in [6.07, 6.45) is 8.26. The van der Waals surface area contributed by atoms with E-state index in [4.69, 9.17) is 8.85 Å². The van der Waals surface area contributed by atoms with Gasteiger partial charge in [-0.1, -0.05) is 19.3 Å². The topological polar surface area (TPSA) is 21.7 Å². The van der Waals surface area contributed by atoms with Crippen LogP contribution >= 0.6 is 0 Å². The summed E-state index contributed by atoms with van der Waals surface area (Å²) < 4.78 is 11.8. The second kappa shape index (κ2) is 9.92. The summed E-state index contributed by atoms with van der Waals surface area (Å²) in [5.41, 5.74) is 0. The molecule has 19 heavy (non-hydrogen) atoms. The molecule has 0 saturated carbocycles. The SMILES string of the molecule is CCO[Si](C)(CCCN1CCCCCCC1)OCC. The van der Waals surface area contributed by atoms with Crippen LogP contribution in [0.15, 0.2) is 0 Å². The molecular weight excluding hydrogens is 254 g/mol. The summed E-state index contributed by atoms with van der Waals surface area (Å²) in [4.78, 5) is 2.64. The molecule has 0 atom stereocenters. The molecule has 1 aliphatic rings. The van der Waals surface area contributed by atoms with Gasteiger partial charge >= 0.3 is 8.56 Å². The van der Waals surface area contributed by atoms with Gasteiger partial charge in [0, 0.05) is 13.2 Å². The van der Waals surface area contributed by atoms with Crippen molar-refractivity contribution in [3.8, 4) is 0 Å². The summed E-state index contributed by atoms with van der Waals surface area (Å²) in [5, 5.41) is 0. The highest BCUT2D eigenvalue weighted by Crippen LogP contribution is 2.17. The third-order valence-electron chi connectivity index (χ3n) is 3.95. The van der Waals surface area contributed by atoms with Crippen molar-refractivity contribution < 1.29 is 8.85 Å². The Kier molecular flexibility index (Phi) is 8.95. The molecule has 4 heteroatoms. The molecule has 1 saturated heterocycles. The fourth-order valence-electron chi connectivity index (χ4n) is 2.96. The Morgan fingerprint density at radius 3 is 1.95 bits per heavy atom. The van der Waals surface area contributed by atoms with Gasteiger partial charge < -0.3 is 13.8 Å². The molecule has 1 aliphatic heterocycles. The molecule has 3 nitrogen and oxygen atoms in total. The highest BCUT2D eigenvalue weighted by atomic mass is 28.4. The van der Waals surface area contributed by atoms with Gasteiger partial charge in [-0.25, -0.2) is 0 Å². The average Bonchev–Trinajstić information content (AvgIpc) is 2.32. The summed E-state index contributed by atoms with van der Waals surface area (Å²) >= 11 is 0. The molecular formula is C15H33NO2Si. The van der Waals surface area contributed by atoms with Gasteiger partial charge in [-0.05, 0) is 65.3 Å². The Hall–Kier alpha value is 0.0969. The Morgan fingerprint density at radius 1 is 0.895 bits per heavy atom. The van der Waals surface area contributed by atoms with E-state index < -0.39 is 8.56 Å². The lowest BCUT2D eigenvalue weighted by Gasteiger charge is -2.28. The molecule has 0 amide bonds. The van der Waals surface area contributed by atoms with Gasteiger partial charge in [0.1, 0.15) is 0 Å². The maximum Gasteiger partial charge on any atom is 0.334 e. The van der Waals surface area contributed by atoms with E-state index in [1.165, 1.54) is 58.2 Å². The van der Waals surface area contributed by atoms with Crippen molar-refractivity contribution in [1.29, 1.82) is 0 Å². The molecule has 0 bridgehead atoms. The van der Waals surface area contributed by atoms with Crippen LogP contribution in [0.2, 0.25) is 12.6 Å². The zero-order chi connectivity index (χ0) is 14.0. The Labute approximate surface area is 120 Å². The minimum Gasteiger partial charge on any atom is -0.395 e. The number of hydrogen-bond acceptors (Lipinski definition) is 3. The van der Waals surface area contributed by atoms with Crippen molar-refractivity contribution >= 4 is 8.56 Å². The van der Waals surface area contributed by atoms with Gasteiger partial charge in [-0.2, -0.15) is 0 Å². The standard InChI is InChI=1S/C15H33NO2Si/c1-4-17-19(3,18-5-2)15-11-14-16-12-9-7-6-8-10-13-16/h4-15H2,1-3H3. The molecule has 0 radical (unpaired) electrons. The lowest BCUT2D eigenvalue weighted by molar-refractivity contribution is 0.184. The minimum atomic E-state index is -1.88. The van der Waals surface area contributed by atoms with Crippen molar-refractivity contribution in [2.45, 2.75) is 65.0 Å². The Balaban J connectivity index is 2.25. The van der Waals surface area contributed by atoms with E-state index >= 15 is 0 Å². The van der Waals surface area contributed by atoms with Gasteiger partial charge in [0.2, 0.25) is 0 Å². The number of rotatable bonds is 8. The van der Waals surface area contributed by atoms with Crippen LogP contribution in [0.5, 0.6) is 0 Å². The molecule has 0 spiro atoms. The van der Waals surface area contributed by atoms with Crippen molar-refractivity contribution in [3.05, 3.63) is 0 Å². The fourth-order valence-corrected chi connectivity index (χ4v) is 5.35. The van der Waals surface area contributed by atoms with E-state index in [9.17, 15) is 0 Å². The number of nitrogens with zero attached hydrogens (tertiary/aromatic N) is 1. The van der Waals surface area contributed by atoms with Gasteiger partial charge in [0.05, 0.1) is 0 Å². The molecule has 0 N–H and O–H groups in total. The monoisotopic (exact) mass is 287 g/mol. The Bertz CT molecular complexity index is 212. The first-order valence-corrected chi connectivity index (χ1v) is 10.7. The van der Waals surface area contributed by atoms with Crippen LogP contribution in [-0.2, 0) is 8.85 Å². The molecule has 0 aliphatic carbocycles. The van der Waals surface area contributed by atoms with E-state index in [1.807, 2.05) is 0 Å². The maximum atomic E-state index is 5.90. The normalized spacial score (nSPS) is 19.1. The molecule has 114 valence electrons. The van der Waals surface area contributed by atoms with Gasteiger partial charge in [-0.3, -0.25) is 0 Å². The van der Waals surface area contributed by atoms with Crippen LogP contribution in [-0.4, -0.2) is 46.3 Å². The van der Waals surface area contributed by atoms with Crippen LogP contribution < -0.4 is 0 Å². The van der Waals surface area contributed by atoms with Gasteiger partial charge in [-0.15, -0.1) is 0 Å². The van der Waals surface area contributed by atoms with E-state index in [1.54, 1.807) is 0 Å². The summed E-state index contributed by atoms with van der Waals surface area (Å²) in [5.74, 6) is 0. The average molecular weight is 288 g/mol. The van der Waals surface area contributed by atoms with E-state index in [2.05, 4.69) is 25.3 Å². The second-order valence-corrected chi connectivity index (χ2v) is 9.06. The first-order valence-electron chi connectivity index (χ1n) is 8.20. The van der Waals surface area contributed by atoms with E-state index in [-0.39, 0.29) is 0 Å². The number of likely N-dealkylation sites (tertiary alicyclic amines) is 1. The molecule has 0 aromatic carbocycles. The Morgan fingerprint density at radius 2 is 1.42 bits per heavy atom. The highest BCUT2D eigenvalue weighted by Gasteiger charge is 2.30. The number of hydrogen-bond donors (Lipinski definition) is 0. The zero-order valence-corrected chi connectivity index (χ0v) is 14.2.